The Balaban J connectivity index is 2.88. The van der Waals surface area contributed by atoms with E-state index in [1.165, 1.54) is 25.3 Å². The van der Waals surface area contributed by atoms with Crippen molar-refractivity contribution in [2.75, 3.05) is 13.7 Å². The van der Waals surface area contributed by atoms with E-state index in [1.807, 2.05) is 0 Å². The Bertz CT molecular complexity index is 399. The zero-order valence-electron chi connectivity index (χ0n) is 9.20. The van der Waals surface area contributed by atoms with Gasteiger partial charge in [0, 0.05) is 11.6 Å². The number of para-hydroxylation sites is 1. The van der Waals surface area contributed by atoms with Crippen LogP contribution in [0.1, 0.15) is 12.5 Å². The topological polar surface area (TPSA) is 35.5 Å². The van der Waals surface area contributed by atoms with Crippen LogP contribution in [0.3, 0.4) is 0 Å². The monoisotopic (exact) mass is 224 g/mol. The number of esters is 1. The van der Waals surface area contributed by atoms with E-state index < -0.39 is 11.8 Å². The van der Waals surface area contributed by atoms with Crippen LogP contribution >= 0.6 is 0 Å². The molecule has 3 nitrogen and oxygen atoms in total. The summed E-state index contributed by atoms with van der Waals surface area (Å²) in [5.74, 6) is -0.814. The molecule has 0 heterocycles. The standard InChI is InChI=1S/C12H13FO3/c1-3-16-11(14)8-7-9-5-4-6-10(13)12(9)15-2/h4-8H,3H2,1-2H3. The molecule has 0 aliphatic carbocycles. The number of hydrogen-bond acceptors (Lipinski definition) is 3. The number of methoxy groups -OCH3 is 1. The SMILES string of the molecule is CCOC(=O)C=Cc1cccc(F)c1OC. The van der Waals surface area contributed by atoms with Crippen LogP contribution in [0.15, 0.2) is 24.3 Å². The average Bonchev–Trinajstić information content (AvgIpc) is 2.27. The highest BCUT2D eigenvalue weighted by Gasteiger charge is 2.06. The lowest BCUT2D eigenvalue weighted by molar-refractivity contribution is -0.137. The van der Waals surface area contributed by atoms with E-state index in [1.54, 1.807) is 19.1 Å². The first-order valence-electron chi connectivity index (χ1n) is 4.86. The molecule has 0 saturated carbocycles. The first kappa shape index (κ1) is 12.2. The number of carbonyl (C=O) groups is 1. The summed E-state index contributed by atoms with van der Waals surface area (Å²) in [5, 5.41) is 0. The summed E-state index contributed by atoms with van der Waals surface area (Å²) in [4.78, 5) is 11.1. The molecular weight excluding hydrogens is 211 g/mol. The Kier molecular flexibility index (Phi) is 4.51. The van der Waals surface area contributed by atoms with Gasteiger partial charge in [-0.25, -0.2) is 9.18 Å². The highest BCUT2D eigenvalue weighted by Crippen LogP contribution is 2.23. The first-order valence-corrected chi connectivity index (χ1v) is 4.86. The van der Waals surface area contributed by atoms with Crippen molar-refractivity contribution >= 4 is 12.0 Å². The second kappa shape index (κ2) is 5.90. The predicted molar refractivity (Wildman–Crippen MR) is 58.6 cm³/mol. The third-order valence-corrected chi connectivity index (χ3v) is 1.89. The average molecular weight is 224 g/mol. The molecule has 0 amide bonds. The largest absolute Gasteiger partial charge is 0.493 e. The maximum absolute atomic E-state index is 13.2. The number of hydrogen-bond donors (Lipinski definition) is 0. The lowest BCUT2D eigenvalue weighted by Crippen LogP contribution is -1.99. The number of rotatable bonds is 4. The fraction of sp³-hybridized carbons (Fsp3) is 0.250. The Hall–Kier alpha value is -1.84. The summed E-state index contributed by atoms with van der Waals surface area (Å²) < 4.78 is 22.8. The van der Waals surface area contributed by atoms with Gasteiger partial charge in [-0.15, -0.1) is 0 Å². The van der Waals surface area contributed by atoms with Gasteiger partial charge in [0.1, 0.15) is 0 Å². The van der Waals surface area contributed by atoms with Crippen LogP contribution < -0.4 is 4.74 Å². The lowest BCUT2D eigenvalue weighted by atomic mass is 10.2. The van der Waals surface area contributed by atoms with Gasteiger partial charge in [0.05, 0.1) is 13.7 Å². The molecule has 0 aromatic heterocycles. The predicted octanol–water partition coefficient (Wildman–Crippen LogP) is 2.41. The van der Waals surface area contributed by atoms with Crippen LogP contribution in [-0.2, 0) is 9.53 Å². The van der Waals surface area contributed by atoms with Crippen molar-refractivity contribution < 1.29 is 18.7 Å². The third-order valence-electron chi connectivity index (χ3n) is 1.89. The van der Waals surface area contributed by atoms with E-state index in [-0.39, 0.29) is 5.75 Å². The second-order valence-electron chi connectivity index (χ2n) is 2.95. The molecule has 0 fully saturated rings. The summed E-state index contributed by atoms with van der Waals surface area (Å²) >= 11 is 0. The third kappa shape index (κ3) is 3.08. The van der Waals surface area contributed by atoms with Crippen molar-refractivity contribution in [1.82, 2.24) is 0 Å². The van der Waals surface area contributed by atoms with Crippen LogP contribution in [0, 0.1) is 5.82 Å². The van der Waals surface area contributed by atoms with Crippen molar-refractivity contribution in [2.24, 2.45) is 0 Å². The van der Waals surface area contributed by atoms with Crippen molar-refractivity contribution in [3.63, 3.8) is 0 Å². The highest BCUT2D eigenvalue weighted by molar-refractivity contribution is 5.87. The minimum atomic E-state index is -0.464. The zero-order chi connectivity index (χ0) is 12.0. The molecule has 0 atom stereocenters. The van der Waals surface area contributed by atoms with Gasteiger partial charge < -0.3 is 9.47 Å². The van der Waals surface area contributed by atoms with E-state index in [0.29, 0.717) is 12.2 Å². The molecule has 1 aromatic rings. The van der Waals surface area contributed by atoms with Gasteiger partial charge in [-0.05, 0) is 19.1 Å². The van der Waals surface area contributed by atoms with Gasteiger partial charge in [-0.2, -0.15) is 0 Å². The molecule has 1 rings (SSSR count). The molecule has 0 aliphatic rings. The van der Waals surface area contributed by atoms with Gasteiger partial charge >= 0.3 is 5.97 Å². The van der Waals surface area contributed by atoms with Crippen molar-refractivity contribution in [3.8, 4) is 5.75 Å². The van der Waals surface area contributed by atoms with Gasteiger partial charge in [-0.1, -0.05) is 12.1 Å². The molecule has 1 aromatic carbocycles. The quantitative estimate of drug-likeness (QED) is 0.582. The van der Waals surface area contributed by atoms with Crippen LogP contribution in [0.5, 0.6) is 5.75 Å². The van der Waals surface area contributed by atoms with Gasteiger partial charge in [0.25, 0.3) is 0 Å². The van der Waals surface area contributed by atoms with Crippen LogP contribution in [0.2, 0.25) is 0 Å². The molecule has 0 unspecified atom stereocenters. The Morgan fingerprint density at radius 1 is 1.50 bits per heavy atom. The summed E-state index contributed by atoms with van der Waals surface area (Å²) in [6, 6.07) is 4.49. The molecule has 0 spiro atoms. The van der Waals surface area contributed by atoms with Gasteiger partial charge in [0.15, 0.2) is 11.6 Å². The first-order chi connectivity index (χ1) is 7.69. The molecule has 0 bridgehead atoms. The molecule has 0 saturated heterocycles. The smallest absolute Gasteiger partial charge is 0.330 e. The van der Waals surface area contributed by atoms with Crippen LogP contribution in [0.25, 0.3) is 6.08 Å². The maximum atomic E-state index is 13.2. The van der Waals surface area contributed by atoms with Crippen molar-refractivity contribution in [3.05, 3.63) is 35.7 Å². The molecule has 86 valence electrons. The Morgan fingerprint density at radius 2 is 2.25 bits per heavy atom. The molecular formula is C12H13FO3. The molecule has 0 aliphatic heterocycles. The zero-order valence-corrected chi connectivity index (χ0v) is 9.20. The number of carbonyl (C=O) groups excluding carboxylic acids is 1. The van der Waals surface area contributed by atoms with Gasteiger partial charge in [-0.3, -0.25) is 0 Å². The van der Waals surface area contributed by atoms with E-state index in [2.05, 4.69) is 0 Å². The summed E-state index contributed by atoms with van der Waals surface area (Å²) in [6.07, 6.45) is 2.70. The molecule has 4 heteroatoms. The minimum absolute atomic E-state index is 0.114. The van der Waals surface area contributed by atoms with E-state index in [4.69, 9.17) is 9.47 Å². The highest BCUT2D eigenvalue weighted by atomic mass is 19.1. The van der Waals surface area contributed by atoms with E-state index in [0.717, 1.165) is 0 Å². The molecule has 0 N–H and O–H groups in total. The molecule has 16 heavy (non-hydrogen) atoms. The number of ether oxygens (including phenoxy) is 2. The normalized spacial score (nSPS) is 10.4. The van der Waals surface area contributed by atoms with Gasteiger partial charge in [0.2, 0.25) is 0 Å². The fourth-order valence-corrected chi connectivity index (χ4v) is 1.22. The second-order valence-corrected chi connectivity index (χ2v) is 2.95. The Morgan fingerprint density at radius 3 is 2.88 bits per heavy atom. The van der Waals surface area contributed by atoms with E-state index in [9.17, 15) is 9.18 Å². The lowest BCUT2D eigenvalue weighted by Gasteiger charge is -2.05. The molecule has 0 radical (unpaired) electrons. The summed E-state index contributed by atoms with van der Waals surface area (Å²) in [7, 11) is 1.38. The van der Waals surface area contributed by atoms with Crippen molar-refractivity contribution in [1.29, 1.82) is 0 Å². The minimum Gasteiger partial charge on any atom is -0.493 e. The summed E-state index contributed by atoms with van der Waals surface area (Å²) in [5.41, 5.74) is 0.496. The number of benzene rings is 1. The Labute approximate surface area is 93.5 Å². The number of halogens is 1. The fourth-order valence-electron chi connectivity index (χ4n) is 1.22. The van der Waals surface area contributed by atoms with E-state index >= 15 is 0 Å². The van der Waals surface area contributed by atoms with Crippen LogP contribution in [-0.4, -0.2) is 19.7 Å². The van der Waals surface area contributed by atoms with Crippen molar-refractivity contribution in [2.45, 2.75) is 6.92 Å². The maximum Gasteiger partial charge on any atom is 0.330 e. The summed E-state index contributed by atoms with van der Waals surface area (Å²) in [6.45, 7) is 2.03. The van der Waals surface area contributed by atoms with Crippen LogP contribution in [0.4, 0.5) is 4.39 Å².